The van der Waals surface area contributed by atoms with Crippen LogP contribution in [0.4, 0.5) is 0 Å². The van der Waals surface area contributed by atoms with Gasteiger partial charge in [0.25, 0.3) is 0 Å². The Kier molecular flexibility index (Phi) is 4.20. The predicted octanol–water partition coefficient (Wildman–Crippen LogP) is 2.50. The van der Waals surface area contributed by atoms with Crippen LogP contribution in [0.5, 0.6) is 0 Å². The Morgan fingerprint density at radius 2 is 2.23 bits per heavy atom. The molecule has 1 fully saturated rings. The van der Waals surface area contributed by atoms with Crippen molar-refractivity contribution in [1.29, 1.82) is 0 Å². The van der Waals surface area contributed by atoms with Crippen molar-refractivity contribution in [2.24, 2.45) is 0 Å². The average molecular weight is 186 g/mol. The molecule has 0 radical (unpaired) electrons. The van der Waals surface area contributed by atoms with Gasteiger partial charge in [-0.1, -0.05) is 26.2 Å². The zero-order valence-corrected chi connectivity index (χ0v) is 8.88. The Bertz CT molecular complexity index is 139. The van der Waals surface area contributed by atoms with Gasteiger partial charge in [0, 0.05) is 6.61 Å². The van der Waals surface area contributed by atoms with Gasteiger partial charge in [0.1, 0.15) is 0 Å². The first kappa shape index (κ1) is 11.0. The fourth-order valence-corrected chi connectivity index (χ4v) is 1.96. The SMILES string of the molecule is CCCCCC(O)C1(C)CCCO1. The summed E-state index contributed by atoms with van der Waals surface area (Å²) in [6.45, 7) is 5.04. The summed E-state index contributed by atoms with van der Waals surface area (Å²) in [5.41, 5.74) is -0.242. The molecule has 0 spiro atoms. The third-order valence-electron chi connectivity index (χ3n) is 3.04. The summed E-state index contributed by atoms with van der Waals surface area (Å²) in [5.74, 6) is 0. The molecular formula is C11H22O2. The molecule has 0 amide bonds. The first-order valence-corrected chi connectivity index (χ1v) is 5.51. The van der Waals surface area contributed by atoms with E-state index in [-0.39, 0.29) is 11.7 Å². The van der Waals surface area contributed by atoms with Crippen molar-refractivity contribution in [3.05, 3.63) is 0 Å². The summed E-state index contributed by atoms with van der Waals surface area (Å²) >= 11 is 0. The van der Waals surface area contributed by atoms with Crippen LogP contribution in [0.25, 0.3) is 0 Å². The number of unbranched alkanes of at least 4 members (excludes halogenated alkanes) is 2. The van der Waals surface area contributed by atoms with Crippen molar-refractivity contribution < 1.29 is 9.84 Å². The Morgan fingerprint density at radius 1 is 1.46 bits per heavy atom. The van der Waals surface area contributed by atoms with Crippen LogP contribution in [0.15, 0.2) is 0 Å². The van der Waals surface area contributed by atoms with Gasteiger partial charge in [-0.25, -0.2) is 0 Å². The Morgan fingerprint density at radius 3 is 2.77 bits per heavy atom. The van der Waals surface area contributed by atoms with E-state index in [4.69, 9.17) is 4.74 Å². The topological polar surface area (TPSA) is 29.5 Å². The first-order valence-electron chi connectivity index (χ1n) is 5.51. The number of hydrogen-bond donors (Lipinski definition) is 1. The van der Waals surface area contributed by atoms with E-state index >= 15 is 0 Å². The van der Waals surface area contributed by atoms with Crippen LogP contribution < -0.4 is 0 Å². The largest absolute Gasteiger partial charge is 0.390 e. The highest BCUT2D eigenvalue weighted by Crippen LogP contribution is 2.30. The fourth-order valence-electron chi connectivity index (χ4n) is 1.96. The molecule has 13 heavy (non-hydrogen) atoms. The summed E-state index contributed by atoms with van der Waals surface area (Å²) in [6, 6.07) is 0. The van der Waals surface area contributed by atoms with Crippen molar-refractivity contribution >= 4 is 0 Å². The molecule has 2 nitrogen and oxygen atoms in total. The van der Waals surface area contributed by atoms with Crippen LogP contribution >= 0.6 is 0 Å². The van der Waals surface area contributed by atoms with E-state index in [9.17, 15) is 5.11 Å². The number of ether oxygens (including phenoxy) is 1. The van der Waals surface area contributed by atoms with Crippen LogP contribution in [0.3, 0.4) is 0 Å². The standard InChI is InChI=1S/C11H22O2/c1-3-4-5-7-10(12)11(2)8-6-9-13-11/h10,12H,3-9H2,1-2H3. The van der Waals surface area contributed by atoms with E-state index in [1.54, 1.807) is 0 Å². The van der Waals surface area contributed by atoms with Gasteiger partial charge >= 0.3 is 0 Å². The van der Waals surface area contributed by atoms with Crippen molar-refractivity contribution in [3.63, 3.8) is 0 Å². The van der Waals surface area contributed by atoms with Crippen LogP contribution in [0.1, 0.15) is 52.4 Å². The molecule has 2 unspecified atom stereocenters. The lowest BCUT2D eigenvalue weighted by Crippen LogP contribution is -2.38. The Balaban J connectivity index is 2.24. The van der Waals surface area contributed by atoms with Gasteiger partial charge < -0.3 is 9.84 Å². The van der Waals surface area contributed by atoms with Gasteiger partial charge in [0.05, 0.1) is 11.7 Å². The molecule has 1 rings (SSSR count). The van der Waals surface area contributed by atoms with Gasteiger partial charge in [-0.3, -0.25) is 0 Å². The van der Waals surface area contributed by atoms with Crippen molar-refractivity contribution in [3.8, 4) is 0 Å². The summed E-state index contributed by atoms with van der Waals surface area (Å²) in [4.78, 5) is 0. The second-order valence-electron chi connectivity index (χ2n) is 4.28. The van der Waals surface area contributed by atoms with E-state index < -0.39 is 0 Å². The predicted molar refractivity (Wildman–Crippen MR) is 53.7 cm³/mol. The molecule has 0 saturated carbocycles. The van der Waals surface area contributed by atoms with Crippen molar-refractivity contribution in [2.75, 3.05) is 6.61 Å². The maximum Gasteiger partial charge on any atom is 0.0913 e. The number of aliphatic hydroxyl groups is 1. The maximum absolute atomic E-state index is 9.91. The molecule has 2 atom stereocenters. The smallest absolute Gasteiger partial charge is 0.0913 e. The second-order valence-corrected chi connectivity index (χ2v) is 4.28. The summed E-state index contributed by atoms with van der Waals surface area (Å²) in [5, 5.41) is 9.91. The van der Waals surface area contributed by atoms with Gasteiger partial charge in [0.15, 0.2) is 0 Å². The molecule has 0 aromatic carbocycles. The Hall–Kier alpha value is -0.0800. The van der Waals surface area contributed by atoms with Crippen LogP contribution in [-0.2, 0) is 4.74 Å². The molecule has 0 aromatic rings. The number of hydrogen-bond acceptors (Lipinski definition) is 2. The molecule has 1 heterocycles. The highest BCUT2D eigenvalue weighted by Gasteiger charge is 2.36. The van der Waals surface area contributed by atoms with E-state index in [0.717, 1.165) is 32.3 Å². The molecule has 0 aliphatic carbocycles. The highest BCUT2D eigenvalue weighted by atomic mass is 16.5. The first-order chi connectivity index (χ1) is 6.19. The van der Waals surface area contributed by atoms with Gasteiger partial charge in [0.2, 0.25) is 0 Å². The molecule has 0 aromatic heterocycles. The van der Waals surface area contributed by atoms with E-state index in [2.05, 4.69) is 6.92 Å². The Labute approximate surface area is 81.3 Å². The van der Waals surface area contributed by atoms with Crippen LogP contribution in [0.2, 0.25) is 0 Å². The van der Waals surface area contributed by atoms with Crippen molar-refractivity contribution in [1.82, 2.24) is 0 Å². The molecule has 2 heteroatoms. The molecule has 1 aliphatic heterocycles. The summed E-state index contributed by atoms with van der Waals surface area (Å²) in [6.07, 6.45) is 6.29. The molecule has 1 aliphatic rings. The molecule has 0 bridgehead atoms. The van der Waals surface area contributed by atoms with Crippen molar-refractivity contribution in [2.45, 2.75) is 64.1 Å². The van der Waals surface area contributed by atoms with Gasteiger partial charge in [-0.2, -0.15) is 0 Å². The van der Waals surface area contributed by atoms with Gasteiger partial charge in [-0.05, 0) is 26.2 Å². The third kappa shape index (κ3) is 2.96. The van der Waals surface area contributed by atoms with Gasteiger partial charge in [-0.15, -0.1) is 0 Å². The lowest BCUT2D eigenvalue weighted by Gasteiger charge is -2.29. The molecular weight excluding hydrogens is 164 g/mol. The number of aliphatic hydroxyl groups excluding tert-OH is 1. The minimum Gasteiger partial charge on any atom is -0.390 e. The summed E-state index contributed by atoms with van der Waals surface area (Å²) < 4.78 is 5.58. The molecule has 1 N–H and O–H groups in total. The highest BCUT2D eigenvalue weighted by molar-refractivity contribution is 4.87. The zero-order chi connectivity index (χ0) is 9.73. The number of rotatable bonds is 5. The van der Waals surface area contributed by atoms with Crippen LogP contribution in [-0.4, -0.2) is 23.4 Å². The summed E-state index contributed by atoms with van der Waals surface area (Å²) in [7, 11) is 0. The third-order valence-corrected chi connectivity index (χ3v) is 3.04. The maximum atomic E-state index is 9.91. The van der Waals surface area contributed by atoms with E-state index in [1.807, 2.05) is 6.92 Å². The van der Waals surface area contributed by atoms with Crippen LogP contribution in [0, 0.1) is 0 Å². The van der Waals surface area contributed by atoms with E-state index in [1.165, 1.54) is 12.8 Å². The zero-order valence-electron chi connectivity index (χ0n) is 8.88. The fraction of sp³-hybridized carbons (Fsp3) is 1.00. The van der Waals surface area contributed by atoms with E-state index in [0.29, 0.717) is 0 Å². The quantitative estimate of drug-likeness (QED) is 0.668. The average Bonchev–Trinajstić information content (AvgIpc) is 2.54. The minimum absolute atomic E-state index is 0.242. The monoisotopic (exact) mass is 186 g/mol. The lowest BCUT2D eigenvalue weighted by atomic mass is 9.92. The molecule has 78 valence electrons. The molecule has 1 saturated heterocycles. The lowest BCUT2D eigenvalue weighted by molar-refractivity contribution is -0.0809. The minimum atomic E-state index is -0.262. The normalized spacial score (nSPS) is 30.7. The second kappa shape index (κ2) is 4.97.